The maximum atomic E-state index is 11.5. The number of hydrogen-bond acceptors (Lipinski definition) is 2. The van der Waals surface area contributed by atoms with Crippen LogP contribution < -0.4 is 0 Å². The highest BCUT2D eigenvalue weighted by molar-refractivity contribution is 5.32. The Morgan fingerprint density at radius 2 is 1.26 bits per heavy atom. The van der Waals surface area contributed by atoms with Gasteiger partial charge in [0.05, 0.1) is 11.3 Å². The lowest BCUT2D eigenvalue weighted by molar-refractivity contribution is 0.208. The summed E-state index contributed by atoms with van der Waals surface area (Å²) in [4.78, 5) is 11.5. The Hall–Kier alpha value is -2.94. The van der Waals surface area contributed by atoms with Crippen molar-refractivity contribution < 1.29 is 0 Å². The van der Waals surface area contributed by atoms with Crippen LogP contribution in [0.4, 0.5) is 0 Å². The van der Waals surface area contributed by atoms with E-state index < -0.39 is 0 Å². The Morgan fingerprint density at radius 3 is 1.74 bits per heavy atom. The molecule has 0 spiro atoms. The number of nitrogens with zero attached hydrogens (tertiary/aromatic N) is 2. The summed E-state index contributed by atoms with van der Waals surface area (Å²) >= 11 is 0. The molecule has 0 aromatic heterocycles. The monoisotopic (exact) mass is 358 g/mol. The second-order valence-corrected chi connectivity index (χ2v) is 6.95. The van der Waals surface area contributed by atoms with E-state index in [9.17, 15) is 4.91 Å². The molecule has 0 radical (unpaired) electrons. The minimum absolute atomic E-state index is 0.0668. The van der Waals surface area contributed by atoms with Crippen LogP contribution in [0.5, 0.6) is 0 Å². The molecule has 0 fully saturated rings. The molecule has 0 aliphatic heterocycles. The topological polar surface area (TPSA) is 32.7 Å². The average molecular weight is 358 g/mol. The van der Waals surface area contributed by atoms with E-state index in [2.05, 4.69) is 72.9 Å². The Labute approximate surface area is 161 Å². The number of rotatable bonds is 9. The zero-order valence-electron chi connectivity index (χ0n) is 15.7. The molecular formula is C24H26N2O. The van der Waals surface area contributed by atoms with Crippen LogP contribution >= 0.6 is 0 Å². The van der Waals surface area contributed by atoms with E-state index in [1.807, 2.05) is 30.3 Å². The zero-order valence-corrected chi connectivity index (χ0v) is 15.7. The molecule has 138 valence electrons. The molecule has 3 aromatic rings. The predicted octanol–water partition coefficient (Wildman–Crippen LogP) is 5.82. The fraction of sp³-hybridized carbons (Fsp3) is 0.250. The third kappa shape index (κ3) is 5.27. The van der Waals surface area contributed by atoms with Crippen LogP contribution in [0.3, 0.4) is 0 Å². The highest BCUT2D eigenvalue weighted by Crippen LogP contribution is 2.28. The number of hydrogen-bond donors (Lipinski definition) is 0. The van der Waals surface area contributed by atoms with E-state index in [0.717, 1.165) is 12.8 Å². The third-order valence-corrected chi connectivity index (χ3v) is 5.04. The fourth-order valence-electron chi connectivity index (χ4n) is 3.56. The Morgan fingerprint density at radius 1 is 0.778 bits per heavy atom. The van der Waals surface area contributed by atoms with Gasteiger partial charge in [0.1, 0.15) is 0 Å². The highest BCUT2D eigenvalue weighted by Gasteiger charge is 2.19. The lowest BCUT2D eigenvalue weighted by Gasteiger charge is -2.26. The van der Waals surface area contributed by atoms with Crippen LogP contribution in [0.2, 0.25) is 0 Å². The van der Waals surface area contributed by atoms with Crippen molar-refractivity contribution in [3.63, 3.8) is 0 Å². The molecule has 0 aliphatic carbocycles. The van der Waals surface area contributed by atoms with Crippen LogP contribution in [-0.4, -0.2) is 17.6 Å². The lowest BCUT2D eigenvalue weighted by atomic mass is 9.88. The first-order valence-electron chi connectivity index (χ1n) is 9.51. The molecule has 3 rings (SSSR count). The molecule has 0 heterocycles. The van der Waals surface area contributed by atoms with E-state index >= 15 is 0 Å². The number of benzene rings is 3. The van der Waals surface area contributed by atoms with Crippen molar-refractivity contribution in [2.75, 3.05) is 6.54 Å². The normalized spacial score (nSPS) is 11.9. The Bertz CT molecular complexity index is 766. The van der Waals surface area contributed by atoms with Crippen molar-refractivity contribution in [2.45, 2.75) is 31.7 Å². The van der Waals surface area contributed by atoms with Crippen LogP contribution in [0.15, 0.2) is 96.3 Å². The summed E-state index contributed by atoms with van der Waals surface area (Å²) in [7, 11) is 0. The molecule has 1 unspecified atom stereocenters. The van der Waals surface area contributed by atoms with Crippen molar-refractivity contribution in [3.8, 4) is 0 Å². The van der Waals surface area contributed by atoms with Crippen LogP contribution in [-0.2, 0) is 6.42 Å². The molecule has 3 aromatic carbocycles. The minimum atomic E-state index is 0.0668. The quantitative estimate of drug-likeness (QED) is 0.356. The van der Waals surface area contributed by atoms with Crippen molar-refractivity contribution >= 4 is 0 Å². The Balaban J connectivity index is 1.70. The van der Waals surface area contributed by atoms with Gasteiger partial charge in [0.2, 0.25) is 0 Å². The predicted molar refractivity (Wildman–Crippen MR) is 111 cm³/mol. The van der Waals surface area contributed by atoms with Gasteiger partial charge in [0.25, 0.3) is 0 Å². The van der Waals surface area contributed by atoms with Crippen molar-refractivity contribution in [1.29, 1.82) is 0 Å². The van der Waals surface area contributed by atoms with E-state index in [-0.39, 0.29) is 12.0 Å². The van der Waals surface area contributed by atoms with Gasteiger partial charge in [-0.1, -0.05) is 91.0 Å². The maximum absolute atomic E-state index is 11.5. The Kier molecular flexibility index (Phi) is 6.75. The first kappa shape index (κ1) is 18.8. The summed E-state index contributed by atoms with van der Waals surface area (Å²) in [6, 6.07) is 31.3. The molecule has 0 N–H and O–H groups in total. The number of nitroso groups, excluding NO2 is 1. The maximum Gasteiger partial charge on any atom is 0.0526 e. The van der Waals surface area contributed by atoms with Gasteiger partial charge in [-0.15, -0.1) is 4.91 Å². The molecule has 0 saturated carbocycles. The molecule has 0 bridgehead atoms. The van der Waals surface area contributed by atoms with Crippen LogP contribution in [0.1, 0.15) is 36.0 Å². The molecular weight excluding hydrogens is 332 g/mol. The standard InChI is InChI=1S/C24H26N2O/c1-20(19-21-11-5-2-6-12-21)26(25-27)18-17-24(22-13-7-3-8-14-22)23-15-9-4-10-16-23/h2-16,20,24H,17-19H2,1H3. The lowest BCUT2D eigenvalue weighted by Crippen LogP contribution is -2.31. The van der Waals surface area contributed by atoms with Crippen molar-refractivity contribution in [3.05, 3.63) is 113 Å². The summed E-state index contributed by atoms with van der Waals surface area (Å²) in [6.07, 6.45) is 1.66. The van der Waals surface area contributed by atoms with Gasteiger partial charge in [-0.2, -0.15) is 0 Å². The van der Waals surface area contributed by atoms with Gasteiger partial charge in [-0.25, -0.2) is 0 Å². The van der Waals surface area contributed by atoms with Crippen molar-refractivity contribution in [2.24, 2.45) is 5.29 Å². The summed E-state index contributed by atoms with van der Waals surface area (Å²) in [5.74, 6) is 0.251. The van der Waals surface area contributed by atoms with E-state index in [0.29, 0.717) is 6.54 Å². The molecule has 0 aliphatic rings. The molecule has 0 amide bonds. The second kappa shape index (κ2) is 9.67. The molecule has 3 nitrogen and oxygen atoms in total. The smallest absolute Gasteiger partial charge is 0.0526 e. The molecule has 0 saturated heterocycles. The molecule has 27 heavy (non-hydrogen) atoms. The summed E-state index contributed by atoms with van der Waals surface area (Å²) < 4.78 is 0. The summed E-state index contributed by atoms with van der Waals surface area (Å²) in [6.45, 7) is 2.69. The third-order valence-electron chi connectivity index (χ3n) is 5.04. The van der Waals surface area contributed by atoms with E-state index in [1.165, 1.54) is 16.7 Å². The van der Waals surface area contributed by atoms with Gasteiger partial charge < -0.3 is 0 Å². The molecule has 1 atom stereocenters. The second-order valence-electron chi connectivity index (χ2n) is 6.95. The van der Waals surface area contributed by atoms with Crippen LogP contribution in [0, 0.1) is 4.91 Å². The van der Waals surface area contributed by atoms with Gasteiger partial charge in [-0.3, -0.25) is 5.01 Å². The van der Waals surface area contributed by atoms with Crippen LogP contribution in [0.25, 0.3) is 0 Å². The van der Waals surface area contributed by atoms with Crippen molar-refractivity contribution in [1.82, 2.24) is 5.01 Å². The zero-order chi connectivity index (χ0) is 18.9. The fourth-order valence-corrected chi connectivity index (χ4v) is 3.56. The van der Waals surface area contributed by atoms with Gasteiger partial charge in [-0.05, 0) is 36.5 Å². The van der Waals surface area contributed by atoms with Gasteiger partial charge in [0.15, 0.2) is 0 Å². The SMILES string of the molecule is CC(Cc1ccccc1)N(CCC(c1ccccc1)c1ccccc1)N=O. The summed E-state index contributed by atoms with van der Waals surface area (Å²) in [5, 5.41) is 5.01. The highest BCUT2D eigenvalue weighted by atomic mass is 16.3. The average Bonchev–Trinajstić information content (AvgIpc) is 2.73. The first-order valence-corrected chi connectivity index (χ1v) is 9.51. The van der Waals surface area contributed by atoms with Gasteiger partial charge in [0, 0.05) is 12.5 Å². The molecule has 3 heteroatoms. The largest absolute Gasteiger partial charge is 0.258 e. The van der Waals surface area contributed by atoms with E-state index in [1.54, 1.807) is 5.01 Å². The van der Waals surface area contributed by atoms with E-state index in [4.69, 9.17) is 0 Å². The minimum Gasteiger partial charge on any atom is -0.258 e. The first-order chi connectivity index (χ1) is 13.3. The summed E-state index contributed by atoms with van der Waals surface area (Å²) in [5.41, 5.74) is 3.76. The van der Waals surface area contributed by atoms with Gasteiger partial charge >= 0.3 is 0 Å².